The quantitative estimate of drug-likeness (QED) is 0.474. The minimum Gasteiger partial charge on any atom is -0.399 e. The Labute approximate surface area is 217 Å². The molecule has 198 valence electrons. The summed E-state index contributed by atoms with van der Waals surface area (Å²) in [5.74, 6) is 1.92. The lowest BCUT2D eigenvalue weighted by atomic mass is 9.91. The number of amides is 1. The molecule has 3 heterocycles. The molecule has 1 aromatic carbocycles. The topological polar surface area (TPSA) is 91.6 Å². The fraction of sp³-hybridized carbons (Fsp3) is 0.552. The standard InChI is InChI=1S/C21H34N4O.C6H7N.C2H4O/c1-15-12-17-18(24(5)14-15)6-7-19(23-17)25-10-8-16(9-11-25)22-20(26)13-21(2,3)4;7-6-4-2-1-3-5-6;1-2-3/h6-7,15-16H,8-14H2,1-5H3,(H,22,26);1-5H,7H2;2H,1H3/t15-;;/m1../s1. The van der Waals surface area contributed by atoms with E-state index in [1.807, 2.05) is 30.3 Å². The molecule has 1 atom stereocenters. The van der Waals surface area contributed by atoms with Crippen molar-refractivity contribution in [1.29, 1.82) is 0 Å². The van der Waals surface area contributed by atoms with Crippen molar-refractivity contribution in [2.45, 2.75) is 66.3 Å². The third-order valence-corrected chi connectivity index (χ3v) is 6.15. The van der Waals surface area contributed by atoms with E-state index in [0.29, 0.717) is 18.4 Å². The van der Waals surface area contributed by atoms with Crippen LogP contribution in [-0.2, 0) is 16.0 Å². The highest BCUT2D eigenvalue weighted by molar-refractivity contribution is 5.76. The number of nitrogens with zero attached hydrogens (tertiary/aromatic N) is 3. The Hall–Kier alpha value is -3.09. The van der Waals surface area contributed by atoms with Gasteiger partial charge >= 0.3 is 0 Å². The average Bonchev–Trinajstić information content (AvgIpc) is 2.79. The number of aromatic nitrogens is 1. The molecule has 0 saturated carbocycles. The number of pyridine rings is 1. The zero-order valence-corrected chi connectivity index (χ0v) is 23.0. The highest BCUT2D eigenvalue weighted by Gasteiger charge is 2.25. The summed E-state index contributed by atoms with van der Waals surface area (Å²) in [7, 11) is 2.15. The van der Waals surface area contributed by atoms with Gasteiger partial charge in [-0.25, -0.2) is 4.98 Å². The number of hydrogen-bond acceptors (Lipinski definition) is 6. The van der Waals surface area contributed by atoms with Crippen molar-refractivity contribution in [1.82, 2.24) is 10.3 Å². The number of benzene rings is 1. The number of fused-ring (bicyclic) bond motifs is 1. The lowest BCUT2D eigenvalue weighted by molar-refractivity contribution is -0.123. The maximum absolute atomic E-state index is 12.2. The highest BCUT2D eigenvalue weighted by Crippen LogP contribution is 2.30. The van der Waals surface area contributed by atoms with Gasteiger partial charge in [-0.15, -0.1) is 0 Å². The summed E-state index contributed by atoms with van der Waals surface area (Å²) >= 11 is 0. The van der Waals surface area contributed by atoms with E-state index in [2.05, 4.69) is 62.0 Å². The van der Waals surface area contributed by atoms with Crippen molar-refractivity contribution in [3.8, 4) is 0 Å². The van der Waals surface area contributed by atoms with Crippen molar-refractivity contribution in [2.24, 2.45) is 11.3 Å². The maximum atomic E-state index is 12.2. The number of nitrogens with two attached hydrogens (primary N) is 1. The van der Waals surface area contributed by atoms with E-state index < -0.39 is 0 Å². The van der Waals surface area contributed by atoms with Crippen LogP contribution in [0.4, 0.5) is 17.2 Å². The zero-order chi connectivity index (χ0) is 26.7. The van der Waals surface area contributed by atoms with Crippen LogP contribution in [0.1, 0.15) is 59.6 Å². The lowest BCUT2D eigenvalue weighted by Crippen LogP contribution is -2.45. The predicted octanol–water partition coefficient (Wildman–Crippen LogP) is 4.71. The molecule has 0 spiro atoms. The number of rotatable bonds is 3. The summed E-state index contributed by atoms with van der Waals surface area (Å²) in [6, 6.07) is 14.2. The van der Waals surface area contributed by atoms with Gasteiger partial charge in [0.1, 0.15) is 12.1 Å². The van der Waals surface area contributed by atoms with E-state index in [4.69, 9.17) is 15.5 Å². The van der Waals surface area contributed by atoms with E-state index in [9.17, 15) is 4.79 Å². The molecule has 1 amide bonds. The largest absolute Gasteiger partial charge is 0.399 e. The Kier molecular flexibility index (Phi) is 11.2. The molecule has 2 aliphatic heterocycles. The summed E-state index contributed by atoms with van der Waals surface area (Å²) < 4.78 is 0. The van der Waals surface area contributed by atoms with Crippen molar-refractivity contribution in [3.05, 3.63) is 48.2 Å². The predicted molar refractivity (Wildman–Crippen MR) is 150 cm³/mol. The molecule has 7 heteroatoms. The van der Waals surface area contributed by atoms with Crippen LogP contribution in [0.25, 0.3) is 0 Å². The Balaban J connectivity index is 0.000000383. The fourth-order valence-electron chi connectivity index (χ4n) is 4.58. The monoisotopic (exact) mass is 495 g/mol. The average molecular weight is 496 g/mol. The number of anilines is 3. The normalized spacial score (nSPS) is 17.6. The second-order valence-electron chi connectivity index (χ2n) is 11.0. The van der Waals surface area contributed by atoms with Crippen molar-refractivity contribution in [3.63, 3.8) is 0 Å². The molecule has 4 rings (SSSR count). The second-order valence-corrected chi connectivity index (χ2v) is 11.0. The first kappa shape index (κ1) is 29.1. The van der Waals surface area contributed by atoms with Crippen LogP contribution >= 0.6 is 0 Å². The van der Waals surface area contributed by atoms with Crippen LogP contribution < -0.4 is 20.9 Å². The van der Waals surface area contributed by atoms with E-state index in [1.165, 1.54) is 18.3 Å². The number of aldehydes is 1. The van der Waals surface area contributed by atoms with Gasteiger partial charge in [0, 0.05) is 44.8 Å². The summed E-state index contributed by atoms with van der Waals surface area (Å²) in [5, 5.41) is 3.22. The van der Waals surface area contributed by atoms with Crippen LogP contribution in [-0.4, -0.2) is 49.9 Å². The molecule has 2 aromatic rings. The first-order valence-corrected chi connectivity index (χ1v) is 13.0. The molecule has 3 N–H and O–H groups in total. The Morgan fingerprint density at radius 3 is 2.28 bits per heavy atom. The van der Waals surface area contributed by atoms with Gasteiger partial charge in [-0.3, -0.25) is 4.79 Å². The fourth-order valence-corrected chi connectivity index (χ4v) is 4.58. The maximum Gasteiger partial charge on any atom is 0.220 e. The molecule has 36 heavy (non-hydrogen) atoms. The number of hydrogen-bond donors (Lipinski definition) is 2. The van der Waals surface area contributed by atoms with Gasteiger partial charge in [0.25, 0.3) is 0 Å². The van der Waals surface area contributed by atoms with Crippen LogP contribution in [0.3, 0.4) is 0 Å². The van der Waals surface area contributed by atoms with Gasteiger partial charge in [-0.05, 0) is 61.8 Å². The Bertz CT molecular complexity index is 950. The molecule has 1 fully saturated rings. The van der Waals surface area contributed by atoms with Gasteiger partial charge in [0.05, 0.1) is 11.4 Å². The first-order valence-electron chi connectivity index (χ1n) is 13.0. The smallest absolute Gasteiger partial charge is 0.220 e. The number of nitrogens with one attached hydrogen (secondary N) is 1. The molecule has 0 bridgehead atoms. The van der Waals surface area contributed by atoms with Gasteiger partial charge in [0.15, 0.2) is 0 Å². The van der Waals surface area contributed by atoms with Gasteiger partial charge in [-0.2, -0.15) is 0 Å². The first-order chi connectivity index (χ1) is 17.0. The van der Waals surface area contributed by atoms with Crippen LogP contribution in [0.5, 0.6) is 0 Å². The van der Waals surface area contributed by atoms with E-state index in [0.717, 1.165) is 56.7 Å². The number of nitrogen functional groups attached to an aromatic ring is 1. The van der Waals surface area contributed by atoms with Gasteiger partial charge in [-0.1, -0.05) is 45.9 Å². The number of para-hydroxylation sites is 1. The summed E-state index contributed by atoms with van der Waals surface area (Å²) in [4.78, 5) is 30.6. The minimum atomic E-state index is 0.0438. The molecule has 7 nitrogen and oxygen atoms in total. The Morgan fingerprint density at radius 1 is 1.14 bits per heavy atom. The summed E-state index contributed by atoms with van der Waals surface area (Å²) in [5.41, 5.74) is 8.72. The van der Waals surface area contributed by atoms with Gasteiger partial charge < -0.3 is 25.6 Å². The molecular formula is C29H45N5O2. The number of piperidine rings is 1. The van der Waals surface area contributed by atoms with Crippen LogP contribution in [0.15, 0.2) is 42.5 Å². The van der Waals surface area contributed by atoms with E-state index in [-0.39, 0.29) is 11.3 Å². The Morgan fingerprint density at radius 2 is 1.75 bits per heavy atom. The van der Waals surface area contributed by atoms with Crippen molar-refractivity contribution < 1.29 is 9.59 Å². The zero-order valence-electron chi connectivity index (χ0n) is 23.0. The third-order valence-electron chi connectivity index (χ3n) is 6.15. The van der Waals surface area contributed by atoms with E-state index in [1.54, 1.807) is 0 Å². The molecule has 2 aliphatic rings. The summed E-state index contributed by atoms with van der Waals surface area (Å²) in [6.45, 7) is 13.1. The van der Waals surface area contributed by atoms with Crippen LogP contribution in [0.2, 0.25) is 0 Å². The molecule has 0 radical (unpaired) electrons. The second kappa shape index (κ2) is 13.9. The molecule has 0 aliphatic carbocycles. The molecule has 1 saturated heterocycles. The lowest BCUT2D eigenvalue weighted by Gasteiger charge is -2.35. The highest BCUT2D eigenvalue weighted by atomic mass is 16.1. The van der Waals surface area contributed by atoms with E-state index >= 15 is 0 Å². The van der Waals surface area contributed by atoms with Crippen molar-refractivity contribution >= 4 is 29.4 Å². The molecule has 1 aromatic heterocycles. The van der Waals surface area contributed by atoms with Crippen LogP contribution in [0, 0.1) is 11.3 Å². The SMILES string of the molecule is CC=O.C[C@@H]1Cc2nc(N3CCC(NC(=O)CC(C)(C)C)CC3)ccc2N(C)C1.Nc1ccccc1. The van der Waals surface area contributed by atoms with Crippen molar-refractivity contribution in [2.75, 3.05) is 42.2 Å². The number of carbonyl (C=O) groups is 2. The molecular weight excluding hydrogens is 450 g/mol. The third kappa shape index (κ3) is 9.88. The number of carbonyl (C=O) groups excluding carboxylic acids is 2. The van der Waals surface area contributed by atoms with Gasteiger partial charge in [0.2, 0.25) is 5.91 Å². The molecule has 0 unspecified atom stereocenters. The summed E-state index contributed by atoms with van der Waals surface area (Å²) in [6.07, 6.45) is 4.38. The minimum absolute atomic E-state index is 0.0438.